The number of hydrogen-bond acceptors (Lipinski definition) is 9. The zero-order valence-corrected chi connectivity index (χ0v) is 17.8. The molecule has 0 radical (unpaired) electrons. The van der Waals surface area contributed by atoms with Gasteiger partial charge in [0.25, 0.3) is 5.22 Å². The van der Waals surface area contributed by atoms with Gasteiger partial charge in [-0.2, -0.15) is 5.10 Å². The van der Waals surface area contributed by atoms with Crippen LogP contribution in [0.1, 0.15) is 17.3 Å². The standard InChI is InChI=1S/C21H18N6O4S/c1-2-30-20(29)16-12-23-27(15-6-4-3-5-7-15)18(16)24-17(28)13-32-21-26-25-19(31-21)14-8-10-22-11-9-14/h3-12H,2,13H2,1H3,(H,24,28). The Bertz CT molecular complexity index is 1210. The van der Waals surface area contributed by atoms with Crippen LogP contribution in [0, 0.1) is 0 Å². The van der Waals surface area contributed by atoms with Crippen molar-refractivity contribution in [2.45, 2.75) is 12.1 Å². The van der Waals surface area contributed by atoms with Crippen LogP contribution < -0.4 is 5.32 Å². The average molecular weight is 450 g/mol. The molecule has 0 bridgehead atoms. The molecule has 0 spiro atoms. The van der Waals surface area contributed by atoms with E-state index in [1.165, 1.54) is 10.9 Å². The molecule has 32 heavy (non-hydrogen) atoms. The predicted octanol–water partition coefficient (Wildman–Crippen LogP) is 3.22. The highest BCUT2D eigenvalue weighted by atomic mass is 32.2. The Kier molecular flexibility index (Phi) is 6.56. The van der Waals surface area contributed by atoms with Crippen LogP contribution in [0.4, 0.5) is 5.82 Å². The molecule has 0 fully saturated rings. The van der Waals surface area contributed by atoms with Crippen molar-refractivity contribution in [1.82, 2.24) is 25.0 Å². The van der Waals surface area contributed by atoms with E-state index in [0.29, 0.717) is 11.6 Å². The Hall–Kier alpha value is -3.99. The third kappa shape index (κ3) is 4.83. The number of aromatic nitrogens is 5. The van der Waals surface area contributed by atoms with Gasteiger partial charge in [0.2, 0.25) is 11.8 Å². The number of nitrogens with zero attached hydrogens (tertiary/aromatic N) is 5. The number of pyridine rings is 1. The summed E-state index contributed by atoms with van der Waals surface area (Å²) in [5.41, 5.74) is 1.58. The Balaban J connectivity index is 1.48. The van der Waals surface area contributed by atoms with Crippen molar-refractivity contribution in [3.63, 3.8) is 0 Å². The Morgan fingerprint density at radius 1 is 1.12 bits per heavy atom. The maximum atomic E-state index is 12.7. The van der Waals surface area contributed by atoms with Gasteiger partial charge in [0.1, 0.15) is 5.56 Å². The number of carbonyl (C=O) groups excluding carboxylic acids is 2. The molecular formula is C21H18N6O4S. The highest BCUT2D eigenvalue weighted by Gasteiger charge is 2.22. The molecule has 162 valence electrons. The van der Waals surface area contributed by atoms with Gasteiger partial charge in [0, 0.05) is 18.0 Å². The van der Waals surface area contributed by atoms with Crippen LogP contribution in [0.15, 0.2) is 70.7 Å². The number of carbonyl (C=O) groups is 2. The smallest absolute Gasteiger partial charge is 0.343 e. The molecule has 4 aromatic rings. The SMILES string of the molecule is CCOC(=O)c1cnn(-c2ccccc2)c1NC(=O)CSc1nnc(-c2ccncc2)o1. The van der Waals surface area contributed by atoms with Crippen molar-refractivity contribution in [2.24, 2.45) is 0 Å². The number of anilines is 1. The first-order valence-corrected chi connectivity index (χ1v) is 10.6. The number of esters is 1. The lowest BCUT2D eigenvalue weighted by Gasteiger charge is -2.10. The van der Waals surface area contributed by atoms with Crippen LogP contribution in [0.5, 0.6) is 0 Å². The average Bonchev–Trinajstić information content (AvgIpc) is 3.46. The molecule has 1 N–H and O–H groups in total. The largest absolute Gasteiger partial charge is 0.462 e. The highest BCUT2D eigenvalue weighted by Crippen LogP contribution is 2.24. The first-order valence-electron chi connectivity index (χ1n) is 9.63. The molecule has 11 heteroatoms. The van der Waals surface area contributed by atoms with E-state index < -0.39 is 5.97 Å². The van der Waals surface area contributed by atoms with Crippen LogP contribution >= 0.6 is 11.8 Å². The van der Waals surface area contributed by atoms with Gasteiger partial charge in [-0.3, -0.25) is 9.78 Å². The van der Waals surface area contributed by atoms with Gasteiger partial charge in [-0.15, -0.1) is 10.2 Å². The molecule has 3 aromatic heterocycles. The number of hydrogen-bond donors (Lipinski definition) is 1. The summed E-state index contributed by atoms with van der Waals surface area (Å²) in [5, 5.41) is 15.2. The van der Waals surface area contributed by atoms with Gasteiger partial charge in [-0.1, -0.05) is 30.0 Å². The van der Waals surface area contributed by atoms with Crippen LogP contribution in [-0.4, -0.2) is 49.2 Å². The van der Waals surface area contributed by atoms with Crippen molar-refractivity contribution in [2.75, 3.05) is 17.7 Å². The molecule has 4 rings (SSSR count). The summed E-state index contributed by atoms with van der Waals surface area (Å²) >= 11 is 1.08. The second kappa shape index (κ2) is 9.88. The molecule has 10 nitrogen and oxygen atoms in total. The summed E-state index contributed by atoms with van der Waals surface area (Å²) in [7, 11) is 0. The monoisotopic (exact) mass is 450 g/mol. The molecule has 0 saturated carbocycles. The molecule has 0 unspecified atom stereocenters. The molecule has 0 aliphatic rings. The minimum absolute atomic E-state index is 0.0137. The van der Waals surface area contributed by atoms with Gasteiger partial charge < -0.3 is 14.5 Å². The first-order chi connectivity index (χ1) is 15.7. The summed E-state index contributed by atoms with van der Waals surface area (Å²) in [6.07, 6.45) is 4.61. The van der Waals surface area contributed by atoms with Crippen LogP contribution in [0.3, 0.4) is 0 Å². The normalized spacial score (nSPS) is 10.7. The molecule has 1 aromatic carbocycles. The van der Waals surface area contributed by atoms with E-state index in [1.54, 1.807) is 31.5 Å². The van der Waals surface area contributed by atoms with E-state index in [2.05, 4.69) is 25.6 Å². The van der Waals surface area contributed by atoms with Crippen molar-refractivity contribution in [3.05, 3.63) is 66.6 Å². The molecule has 0 aliphatic carbocycles. The molecule has 3 heterocycles. The number of nitrogens with one attached hydrogen (secondary N) is 1. The van der Waals surface area contributed by atoms with E-state index in [9.17, 15) is 9.59 Å². The van der Waals surface area contributed by atoms with Gasteiger partial charge in [0.15, 0.2) is 5.82 Å². The van der Waals surface area contributed by atoms with Crippen molar-refractivity contribution in [1.29, 1.82) is 0 Å². The van der Waals surface area contributed by atoms with Crippen LogP contribution in [0.25, 0.3) is 17.1 Å². The minimum atomic E-state index is -0.573. The third-order valence-electron chi connectivity index (χ3n) is 4.18. The van der Waals surface area contributed by atoms with Gasteiger partial charge in [-0.05, 0) is 31.2 Å². The number of para-hydroxylation sites is 1. The topological polar surface area (TPSA) is 125 Å². The lowest BCUT2D eigenvalue weighted by atomic mass is 10.3. The van der Waals surface area contributed by atoms with E-state index in [-0.39, 0.29) is 34.9 Å². The summed E-state index contributed by atoms with van der Waals surface area (Å²) in [4.78, 5) is 28.9. The van der Waals surface area contributed by atoms with Crippen molar-refractivity contribution < 1.29 is 18.7 Å². The lowest BCUT2D eigenvalue weighted by Crippen LogP contribution is -2.19. The second-order valence-corrected chi connectivity index (χ2v) is 7.25. The zero-order chi connectivity index (χ0) is 22.3. The lowest BCUT2D eigenvalue weighted by molar-refractivity contribution is -0.113. The minimum Gasteiger partial charge on any atom is -0.462 e. The van der Waals surface area contributed by atoms with Gasteiger partial charge >= 0.3 is 5.97 Å². The predicted molar refractivity (Wildman–Crippen MR) is 116 cm³/mol. The van der Waals surface area contributed by atoms with E-state index >= 15 is 0 Å². The third-order valence-corrected chi connectivity index (χ3v) is 5.00. The maximum absolute atomic E-state index is 12.7. The van der Waals surface area contributed by atoms with Crippen LogP contribution in [-0.2, 0) is 9.53 Å². The fourth-order valence-corrected chi connectivity index (χ4v) is 3.33. The Morgan fingerprint density at radius 3 is 2.66 bits per heavy atom. The Morgan fingerprint density at radius 2 is 1.91 bits per heavy atom. The van der Waals surface area contributed by atoms with E-state index in [4.69, 9.17) is 9.15 Å². The van der Waals surface area contributed by atoms with Gasteiger partial charge in [0.05, 0.1) is 24.2 Å². The number of ether oxygens (including phenoxy) is 1. The first kappa shape index (κ1) is 21.2. The maximum Gasteiger partial charge on any atom is 0.343 e. The quantitative estimate of drug-likeness (QED) is 0.318. The summed E-state index contributed by atoms with van der Waals surface area (Å²) in [6, 6.07) is 12.6. The number of amides is 1. The fourth-order valence-electron chi connectivity index (χ4n) is 2.77. The zero-order valence-electron chi connectivity index (χ0n) is 17.0. The summed E-state index contributed by atoms with van der Waals surface area (Å²) < 4.78 is 12.1. The highest BCUT2D eigenvalue weighted by molar-refractivity contribution is 7.99. The summed E-state index contributed by atoms with van der Waals surface area (Å²) in [6.45, 7) is 1.91. The number of thioether (sulfide) groups is 1. The molecule has 0 saturated heterocycles. The van der Waals surface area contributed by atoms with Crippen molar-refractivity contribution in [3.8, 4) is 17.1 Å². The van der Waals surface area contributed by atoms with E-state index in [1.807, 2.05) is 30.3 Å². The fraction of sp³-hybridized carbons (Fsp3) is 0.143. The number of rotatable bonds is 8. The second-order valence-electron chi connectivity index (χ2n) is 6.32. The Labute approximate surface area is 187 Å². The molecule has 1 amide bonds. The molecule has 0 aliphatic heterocycles. The van der Waals surface area contributed by atoms with Crippen molar-refractivity contribution >= 4 is 29.5 Å². The van der Waals surface area contributed by atoms with Gasteiger partial charge in [-0.25, -0.2) is 9.48 Å². The molecule has 0 atom stereocenters. The molecular weight excluding hydrogens is 432 g/mol. The van der Waals surface area contributed by atoms with E-state index in [0.717, 1.165) is 17.3 Å². The summed E-state index contributed by atoms with van der Waals surface area (Å²) in [5.74, 6) is -0.399. The van der Waals surface area contributed by atoms with Crippen LogP contribution in [0.2, 0.25) is 0 Å². The number of benzene rings is 1.